The summed E-state index contributed by atoms with van der Waals surface area (Å²) >= 11 is 0. The second-order valence-electron chi connectivity index (χ2n) is 12.7. The van der Waals surface area contributed by atoms with Gasteiger partial charge in [0, 0.05) is 29.9 Å². The topological polar surface area (TPSA) is 128 Å². The summed E-state index contributed by atoms with van der Waals surface area (Å²) in [5.41, 5.74) is 5.49. The molecule has 4 amide bonds. The first kappa shape index (κ1) is 31.8. The molecule has 4 heterocycles. The van der Waals surface area contributed by atoms with Crippen molar-refractivity contribution in [2.45, 2.75) is 50.6 Å². The highest BCUT2D eigenvalue weighted by molar-refractivity contribution is 6.00. The van der Waals surface area contributed by atoms with Crippen LogP contribution in [0.2, 0.25) is 0 Å². The van der Waals surface area contributed by atoms with E-state index in [1.165, 1.54) is 0 Å². The fraction of sp³-hybridized carbons (Fsp3) is 0.256. The number of aromatic amines is 1. The average molecular weight is 655 g/mol. The van der Waals surface area contributed by atoms with E-state index in [0.29, 0.717) is 43.0 Å². The molecular formula is C39H38N6O4. The van der Waals surface area contributed by atoms with Gasteiger partial charge >= 0.3 is 0 Å². The fourth-order valence-corrected chi connectivity index (χ4v) is 6.84. The summed E-state index contributed by atoms with van der Waals surface area (Å²) in [5, 5.41) is 6.79. The molecule has 248 valence electrons. The van der Waals surface area contributed by atoms with Crippen molar-refractivity contribution in [1.29, 1.82) is 0 Å². The van der Waals surface area contributed by atoms with E-state index in [-0.39, 0.29) is 36.5 Å². The SMILES string of the molecule is O=C(Nc1ccc(-c2cc3cc(NC(=O)[C@@H]4CCCN4C(=O)Cc4ccccc4)cnc3[nH]2)cc1)[C@@H]1CCCN1C(=O)Cc1ccccc1. The number of benzene rings is 3. The molecule has 2 fully saturated rings. The van der Waals surface area contributed by atoms with E-state index in [0.717, 1.165) is 40.6 Å². The molecule has 2 aliphatic rings. The van der Waals surface area contributed by atoms with E-state index in [1.54, 1.807) is 16.0 Å². The molecule has 0 aliphatic carbocycles. The van der Waals surface area contributed by atoms with Gasteiger partial charge in [-0.1, -0.05) is 72.8 Å². The largest absolute Gasteiger partial charge is 0.339 e. The van der Waals surface area contributed by atoms with Gasteiger partial charge in [0.1, 0.15) is 17.7 Å². The third kappa shape index (κ3) is 7.23. The summed E-state index contributed by atoms with van der Waals surface area (Å²) in [6, 6.07) is 29.5. The van der Waals surface area contributed by atoms with Crippen LogP contribution >= 0.6 is 0 Å². The van der Waals surface area contributed by atoms with Crippen LogP contribution in [0.4, 0.5) is 11.4 Å². The van der Waals surface area contributed by atoms with Crippen molar-refractivity contribution in [3.8, 4) is 11.3 Å². The first-order valence-electron chi connectivity index (χ1n) is 16.8. The molecule has 2 aliphatic heterocycles. The summed E-state index contributed by atoms with van der Waals surface area (Å²) in [6.45, 7) is 1.15. The second-order valence-corrected chi connectivity index (χ2v) is 12.7. The number of hydrogen-bond donors (Lipinski definition) is 3. The normalized spacial score (nSPS) is 17.3. The Morgan fingerprint density at radius 2 is 1.20 bits per heavy atom. The lowest BCUT2D eigenvalue weighted by atomic mass is 10.1. The highest BCUT2D eigenvalue weighted by Gasteiger charge is 2.35. The van der Waals surface area contributed by atoms with Gasteiger partial charge in [-0.15, -0.1) is 0 Å². The molecular weight excluding hydrogens is 616 g/mol. The van der Waals surface area contributed by atoms with Crippen LogP contribution in [-0.2, 0) is 32.0 Å². The summed E-state index contributed by atoms with van der Waals surface area (Å²) in [6.07, 6.45) is 5.01. The Kier molecular flexibility index (Phi) is 9.19. The van der Waals surface area contributed by atoms with Crippen LogP contribution in [0.1, 0.15) is 36.8 Å². The molecule has 7 rings (SSSR count). The highest BCUT2D eigenvalue weighted by atomic mass is 16.2. The van der Waals surface area contributed by atoms with Gasteiger partial charge in [0.05, 0.1) is 24.7 Å². The van der Waals surface area contributed by atoms with Gasteiger partial charge in [0.25, 0.3) is 0 Å². The van der Waals surface area contributed by atoms with Crippen LogP contribution in [0.5, 0.6) is 0 Å². The molecule has 2 saturated heterocycles. The Labute approximate surface area is 284 Å². The van der Waals surface area contributed by atoms with Crippen LogP contribution in [0, 0.1) is 0 Å². The number of carbonyl (C=O) groups is 4. The Hall–Kier alpha value is -5.77. The zero-order chi connectivity index (χ0) is 33.7. The number of nitrogens with zero attached hydrogens (tertiary/aromatic N) is 3. The van der Waals surface area contributed by atoms with E-state index in [9.17, 15) is 19.2 Å². The molecule has 0 saturated carbocycles. The number of likely N-dealkylation sites (tertiary alicyclic amines) is 2. The monoisotopic (exact) mass is 654 g/mol. The maximum absolute atomic E-state index is 13.3. The van der Waals surface area contributed by atoms with Crippen molar-refractivity contribution < 1.29 is 19.2 Å². The predicted octanol–water partition coefficient (Wildman–Crippen LogP) is 5.57. The smallest absolute Gasteiger partial charge is 0.247 e. The minimum absolute atomic E-state index is 0.0382. The van der Waals surface area contributed by atoms with Crippen molar-refractivity contribution in [3.05, 3.63) is 114 Å². The number of amides is 4. The van der Waals surface area contributed by atoms with Crippen molar-refractivity contribution in [2.24, 2.45) is 0 Å². The Morgan fingerprint density at radius 1 is 0.673 bits per heavy atom. The molecule has 10 heteroatoms. The van der Waals surface area contributed by atoms with Gasteiger partial charge < -0.3 is 25.4 Å². The van der Waals surface area contributed by atoms with Crippen LogP contribution < -0.4 is 10.6 Å². The van der Waals surface area contributed by atoms with Gasteiger partial charge in [0.2, 0.25) is 23.6 Å². The second kappa shape index (κ2) is 14.1. The maximum atomic E-state index is 13.3. The van der Waals surface area contributed by atoms with Gasteiger partial charge in [-0.3, -0.25) is 19.2 Å². The molecule has 0 bridgehead atoms. The molecule has 3 aromatic carbocycles. The van der Waals surface area contributed by atoms with Crippen LogP contribution in [0.25, 0.3) is 22.3 Å². The molecule has 49 heavy (non-hydrogen) atoms. The molecule has 5 aromatic rings. The number of carbonyl (C=O) groups excluding carboxylic acids is 4. The number of rotatable bonds is 9. The highest BCUT2D eigenvalue weighted by Crippen LogP contribution is 2.28. The first-order chi connectivity index (χ1) is 23.9. The molecule has 2 aromatic heterocycles. The summed E-state index contributed by atoms with van der Waals surface area (Å²) in [5.74, 6) is -0.483. The standard InChI is InChI=1S/C39H38N6O4/c46-35(21-26-9-3-1-4-10-26)44-19-7-13-33(44)38(48)41-30-17-15-28(16-18-30)32-24-29-23-31(25-40-37(29)43-32)42-39(49)34-14-8-20-45(34)36(47)22-27-11-5-2-6-12-27/h1-6,9-12,15-18,23-25,33-34H,7-8,13-14,19-22H2,(H,40,43)(H,41,48)(H,42,49)/t33-,34-/m0/s1. The first-order valence-corrected chi connectivity index (χ1v) is 16.8. The Balaban J connectivity index is 0.967. The number of fused-ring (bicyclic) bond motifs is 1. The molecule has 2 atom stereocenters. The van der Waals surface area contributed by atoms with Gasteiger partial charge in [0.15, 0.2) is 0 Å². The lowest BCUT2D eigenvalue weighted by Crippen LogP contribution is -2.43. The Morgan fingerprint density at radius 3 is 1.76 bits per heavy atom. The lowest BCUT2D eigenvalue weighted by Gasteiger charge is -2.24. The summed E-state index contributed by atoms with van der Waals surface area (Å²) < 4.78 is 0. The predicted molar refractivity (Wildman–Crippen MR) is 189 cm³/mol. The van der Waals surface area contributed by atoms with E-state index < -0.39 is 12.1 Å². The number of H-pyrrole nitrogens is 1. The van der Waals surface area contributed by atoms with Crippen LogP contribution in [0.3, 0.4) is 0 Å². The van der Waals surface area contributed by atoms with Crippen LogP contribution in [0.15, 0.2) is 103 Å². The molecule has 3 N–H and O–H groups in total. The van der Waals surface area contributed by atoms with Crippen molar-refractivity contribution in [3.63, 3.8) is 0 Å². The average Bonchev–Trinajstić information content (AvgIpc) is 3.90. The number of hydrogen-bond acceptors (Lipinski definition) is 5. The number of nitrogens with one attached hydrogen (secondary N) is 3. The third-order valence-electron chi connectivity index (χ3n) is 9.35. The quantitative estimate of drug-likeness (QED) is 0.192. The number of anilines is 2. The summed E-state index contributed by atoms with van der Waals surface area (Å²) in [4.78, 5) is 63.7. The van der Waals surface area contributed by atoms with Crippen molar-refractivity contribution in [2.75, 3.05) is 23.7 Å². The maximum Gasteiger partial charge on any atom is 0.247 e. The van der Waals surface area contributed by atoms with E-state index in [1.807, 2.05) is 97.1 Å². The summed E-state index contributed by atoms with van der Waals surface area (Å²) in [7, 11) is 0. The Bertz CT molecular complexity index is 1980. The zero-order valence-corrected chi connectivity index (χ0v) is 27.1. The minimum atomic E-state index is -0.515. The van der Waals surface area contributed by atoms with Gasteiger partial charge in [-0.05, 0) is 66.6 Å². The molecule has 0 unspecified atom stereocenters. The fourth-order valence-electron chi connectivity index (χ4n) is 6.84. The molecule has 10 nitrogen and oxygen atoms in total. The van der Waals surface area contributed by atoms with Crippen molar-refractivity contribution >= 4 is 46.0 Å². The minimum Gasteiger partial charge on any atom is -0.339 e. The van der Waals surface area contributed by atoms with E-state index >= 15 is 0 Å². The van der Waals surface area contributed by atoms with Gasteiger partial charge in [-0.25, -0.2) is 4.98 Å². The lowest BCUT2D eigenvalue weighted by molar-refractivity contribution is -0.136. The number of aromatic nitrogens is 2. The third-order valence-corrected chi connectivity index (χ3v) is 9.35. The van der Waals surface area contributed by atoms with Crippen molar-refractivity contribution in [1.82, 2.24) is 19.8 Å². The molecule has 0 spiro atoms. The molecule has 0 radical (unpaired) electrons. The zero-order valence-electron chi connectivity index (χ0n) is 27.1. The van der Waals surface area contributed by atoms with E-state index in [2.05, 4.69) is 20.6 Å². The van der Waals surface area contributed by atoms with E-state index in [4.69, 9.17) is 0 Å². The number of pyridine rings is 1. The van der Waals surface area contributed by atoms with Gasteiger partial charge in [-0.2, -0.15) is 0 Å². The van der Waals surface area contributed by atoms with Crippen LogP contribution in [-0.4, -0.2) is 68.6 Å².